The molecule has 2 atom stereocenters. The molecule has 4 nitrogen and oxygen atoms in total. The third-order valence-corrected chi connectivity index (χ3v) is 7.13. The number of fused-ring (bicyclic) bond motifs is 1. The predicted octanol–water partition coefficient (Wildman–Crippen LogP) is 6.26. The monoisotopic (exact) mass is 519 g/mol. The Kier molecular flexibility index (Phi) is 7.24. The van der Waals surface area contributed by atoms with Gasteiger partial charge in [0, 0.05) is 35.6 Å². The van der Waals surface area contributed by atoms with Gasteiger partial charge >= 0.3 is 0 Å². The zero-order valence-electron chi connectivity index (χ0n) is 20.0. The van der Waals surface area contributed by atoms with Crippen LogP contribution < -0.4 is 9.47 Å². The van der Waals surface area contributed by atoms with E-state index in [4.69, 9.17) is 9.47 Å². The van der Waals surface area contributed by atoms with Crippen molar-refractivity contribution >= 4 is 0 Å². The Morgan fingerprint density at radius 2 is 1.49 bits per heavy atom. The van der Waals surface area contributed by atoms with E-state index in [0.29, 0.717) is 23.5 Å². The van der Waals surface area contributed by atoms with Crippen LogP contribution in [0.4, 0.5) is 22.0 Å². The van der Waals surface area contributed by atoms with Gasteiger partial charge in [-0.3, -0.25) is 4.90 Å². The van der Waals surface area contributed by atoms with Crippen LogP contribution in [0.5, 0.6) is 17.2 Å². The first-order valence-corrected chi connectivity index (χ1v) is 12.3. The van der Waals surface area contributed by atoms with E-state index < -0.39 is 46.5 Å². The van der Waals surface area contributed by atoms with Crippen LogP contribution in [-0.2, 0) is 0 Å². The van der Waals surface area contributed by atoms with E-state index in [9.17, 15) is 27.1 Å². The molecule has 196 valence electrons. The zero-order chi connectivity index (χ0) is 26.1. The van der Waals surface area contributed by atoms with Crippen LogP contribution in [0.2, 0.25) is 0 Å². The van der Waals surface area contributed by atoms with Gasteiger partial charge in [0.15, 0.2) is 23.3 Å². The fourth-order valence-electron chi connectivity index (χ4n) is 5.25. The van der Waals surface area contributed by atoms with E-state index in [1.54, 1.807) is 24.3 Å². The molecule has 0 amide bonds. The lowest BCUT2D eigenvalue weighted by molar-refractivity contribution is 0.183. The second-order valence-electron chi connectivity index (χ2n) is 9.42. The van der Waals surface area contributed by atoms with Crippen molar-refractivity contribution in [3.63, 3.8) is 0 Å². The molecule has 9 heteroatoms. The van der Waals surface area contributed by atoms with Crippen LogP contribution >= 0.6 is 0 Å². The van der Waals surface area contributed by atoms with Crippen molar-refractivity contribution in [3.8, 4) is 17.2 Å². The molecule has 0 saturated carbocycles. The Hall–Kier alpha value is -3.33. The molecule has 1 saturated heterocycles. The second-order valence-corrected chi connectivity index (χ2v) is 9.42. The number of ether oxygens (including phenoxy) is 2. The predicted molar refractivity (Wildman–Crippen MR) is 127 cm³/mol. The normalized spacial score (nSPS) is 19.8. The smallest absolute Gasteiger partial charge is 0.200 e. The lowest BCUT2D eigenvalue weighted by atomic mass is 9.75. The van der Waals surface area contributed by atoms with E-state index in [1.807, 2.05) is 0 Å². The van der Waals surface area contributed by atoms with Crippen LogP contribution in [0, 0.1) is 29.1 Å². The van der Waals surface area contributed by atoms with Gasteiger partial charge in [-0.25, -0.2) is 22.0 Å². The maximum absolute atomic E-state index is 14.8. The summed E-state index contributed by atoms with van der Waals surface area (Å²) in [5.74, 6) is -11.2. The minimum atomic E-state index is -2.21. The SMILES string of the molecule is Oc1ccc2c(c1)OC[C@H](c1c(F)c(F)c(F)c(F)c1F)[C@@H]2c1ccc(OCCN2CCCCC2)cc1. The molecule has 2 aliphatic rings. The van der Waals surface area contributed by atoms with Crippen LogP contribution in [0.15, 0.2) is 42.5 Å². The van der Waals surface area contributed by atoms with Gasteiger partial charge in [0.05, 0.1) is 6.61 Å². The first-order chi connectivity index (χ1) is 17.8. The number of piperidine rings is 1. The fourth-order valence-corrected chi connectivity index (χ4v) is 5.25. The third kappa shape index (κ3) is 4.97. The zero-order valence-corrected chi connectivity index (χ0v) is 20.0. The molecule has 0 spiro atoms. The molecule has 3 aromatic rings. The maximum atomic E-state index is 14.8. The largest absolute Gasteiger partial charge is 0.508 e. The lowest BCUT2D eigenvalue weighted by Gasteiger charge is -2.35. The highest BCUT2D eigenvalue weighted by atomic mass is 19.2. The Labute approximate surface area is 211 Å². The van der Waals surface area contributed by atoms with Gasteiger partial charge in [0.2, 0.25) is 5.82 Å². The summed E-state index contributed by atoms with van der Waals surface area (Å²) in [6.45, 7) is 3.07. The number of phenols is 1. The number of benzene rings is 3. The Morgan fingerprint density at radius 1 is 0.838 bits per heavy atom. The quantitative estimate of drug-likeness (QED) is 0.237. The molecule has 0 bridgehead atoms. The van der Waals surface area contributed by atoms with Gasteiger partial charge < -0.3 is 14.6 Å². The number of hydrogen-bond acceptors (Lipinski definition) is 4. The summed E-state index contributed by atoms with van der Waals surface area (Å²) in [5, 5.41) is 9.87. The number of likely N-dealkylation sites (tertiary alicyclic amines) is 1. The summed E-state index contributed by atoms with van der Waals surface area (Å²) in [6.07, 6.45) is 3.62. The van der Waals surface area contributed by atoms with Crippen LogP contribution in [0.25, 0.3) is 0 Å². The number of nitrogens with zero attached hydrogens (tertiary/aromatic N) is 1. The number of hydrogen-bond donors (Lipinski definition) is 1. The highest BCUT2D eigenvalue weighted by molar-refractivity contribution is 5.51. The minimum absolute atomic E-state index is 0.0790. The molecule has 37 heavy (non-hydrogen) atoms. The lowest BCUT2D eigenvalue weighted by Crippen LogP contribution is -2.33. The van der Waals surface area contributed by atoms with Crippen molar-refractivity contribution in [2.45, 2.75) is 31.1 Å². The number of halogens is 5. The molecule has 5 rings (SSSR count). The maximum Gasteiger partial charge on any atom is 0.200 e. The summed E-state index contributed by atoms with van der Waals surface area (Å²) in [5.41, 5.74) is 0.103. The van der Waals surface area contributed by atoms with E-state index in [-0.39, 0.29) is 18.1 Å². The molecular formula is C28H26F5NO3. The van der Waals surface area contributed by atoms with Gasteiger partial charge in [0.25, 0.3) is 0 Å². The molecule has 2 aliphatic heterocycles. The standard InChI is InChI=1S/C28H26F5NO3/c29-24-23(25(30)27(32)28(33)26(24)31)20-15-37-21-14-17(35)6-9-19(21)22(20)16-4-7-18(8-5-16)36-13-12-34-10-2-1-3-11-34/h4-9,14,20,22,35H,1-3,10-13,15H2/t20-,22+/m0/s1. The van der Waals surface area contributed by atoms with E-state index >= 15 is 0 Å². The molecule has 0 unspecified atom stereocenters. The molecule has 1 N–H and O–H groups in total. The van der Waals surface area contributed by atoms with Crippen LogP contribution in [-0.4, -0.2) is 42.9 Å². The van der Waals surface area contributed by atoms with Gasteiger partial charge in [0.1, 0.15) is 23.9 Å². The molecule has 1 fully saturated rings. The first-order valence-electron chi connectivity index (χ1n) is 12.3. The van der Waals surface area contributed by atoms with E-state index in [1.165, 1.54) is 37.5 Å². The summed E-state index contributed by atoms with van der Waals surface area (Å²) in [7, 11) is 0. The molecule has 0 aliphatic carbocycles. The summed E-state index contributed by atoms with van der Waals surface area (Å²) < 4.78 is 83.1. The second kappa shape index (κ2) is 10.6. The highest BCUT2D eigenvalue weighted by Crippen LogP contribution is 2.48. The van der Waals surface area contributed by atoms with E-state index in [2.05, 4.69) is 4.90 Å². The summed E-state index contributed by atoms with van der Waals surface area (Å²) in [4.78, 5) is 2.35. The van der Waals surface area contributed by atoms with Gasteiger partial charge in [-0.05, 0) is 49.7 Å². The fraction of sp³-hybridized carbons (Fsp3) is 0.357. The van der Waals surface area contributed by atoms with E-state index in [0.717, 1.165) is 19.6 Å². The number of rotatable bonds is 6. The molecule has 0 aromatic heterocycles. The topological polar surface area (TPSA) is 41.9 Å². The number of aromatic hydroxyl groups is 1. The summed E-state index contributed by atoms with van der Waals surface area (Å²) >= 11 is 0. The van der Waals surface area contributed by atoms with Gasteiger partial charge in [-0.1, -0.05) is 24.6 Å². The first kappa shape index (κ1) is 25.3. The van der Waals surface area contributed by atoms with Gasteiger partial charge in [-0.2, -0.15) is 0 Å². The Bertz CT molecular complexity index is 1250. The third-order valence-electron chi connectivity index (χ3n) is 7.13. The average molecular weight is 520 g/mol. The van der Waals surface area contributed by atoms with Crippen molar-refractivity contribution in [3.05, 3.63) is 88.2 Å². The number of phenolic OH excluding ortho intramolecular Hbond substituents is 1. The average Bonchev–Trinajstić information content (AvgIpc) is 2.92. The Morgan fingerprint density at radius 3 is 2.16 bits per heavy atom. The van der Waals surface area contributed by atoms with Crippen molar-refractivity contribution in [2.24, 2.45) is 0 Å². The van der Waals surface area contributed by atoms with Gasteiger partial charge in [-0.15, -0.1) is 0 Å². The van der Waals surface area contributed by atoms with Crippen molar-refractivity contribution in [1.29, 1.82) is 0 Å². The molecule has 2 heterocycles. The molecular weight excluding hydrogens is 493 g/mol. The summed E-state index contributed by atoms with van der Waals surface area (Å²) in [6, 6.07) is 11.1. The van der Waals surface area contributed by atoms with Crippen LogP contribution in [0.1, 0.15) is 47.8 Å². The Balaban J connectivity index is 1.46. The molecule has 0 radical (unpaired) electrons. The minimum Gasteiger partial charge on any atom is -0.508 e. The van der Waals surface area contributed by atoms with Crippen LogP contribution in [0.3, 0.4) is 0 Å². The van der Waals surface area contributed by atoms with Crippen molar-refractivity contribution < 1.29 is 36.5 Å². The highest BCUT2D eigenvalue weighted by Gasteiger charge is 2.39. The van der Waals surface area contributed by atoms with Crippen molar-refractivity contribution in [2.75, 3.05) is 32.8 Å². The molecule has 3 aromatic carbocycles. The van der Waals surface area contributed by atoms with Crippen molar-refractivity contribution in [1.82, 2.24) is 4.90 Å².